The number of benzene rings is 5. The van der Waals surface area contributed by atoms with E-state index in [4.69, 9.17) is 9.72 Å². The molecule has 2 heteroatoms. The zero-order chi connectivity index (χ0) is 27.1. The molecule has 0 aliphatic carbocycles. The van der Waals surface area contributed by atoms with E-state index < -0.39 is 0 Å². The molecule has 6 aromatic rings. The number of ether oxygens (including phenoxy) is 1. The van der Waals surface area contributed by atoms with Crippen molar-refractivity contribution in [3.8, 4) is 22.8 Å². The van der Waals surface area contributed by atoms with Crippen molar-refractivity contribution < 1.29 is 4.74 Å². The summed E-state index contributed by atoms with van der Waals surface area (Å²) in [7, 11) is 0. The van der Waals surface area contributed by atoms with Crippen LogP contribution in [0.1, 0.15) is 52.7 Å². The van der Waals surface area contributed by atoms with Crippen LogP contribution in [0.2, 0.25) is 0 Å². The normalized spacial score (nSPS) is 13.3. The smallest absolute Gasteiger partial charge is 0.140 e. The van der Waals surface area contributed by atoms with Crippen LogP contribution in [0.4, 0.5) is 0 Å². The quantitative estimate of drug-likeness (QED) is 0.171. The van der Waals surface area contributed by atoms with Gasteiger partial charge in [0.15, 0.2) is 0 Å². The van der Waals surface area contributed by atoms with E-state index in [-0.39, 0.29) is 10.8 Å². The highest BCUT2D eigenvalue weighted by Crippen LogP contribution is 2.52. The lowest BCUT2D eigenvalue weighted by molar-refractivity contribution is 0.400. The Kier molecular flexibility index (Phi) is 5.14. The molecule has 0 fully saturated rings. The number of pyridine rings is 1. The molecule has 1 aliphatic heterocycles. The van der Waals surface area contributed by atoms with E-state index >= 15 is 0 Å². The summed E-state index contributed by atoms with van der Waals surface area (Å²) in [6.45, 7) is 13.8. The minimum atomic E-state index is 0.101. The fraction of sp³-hybridized carbons (Fsp3) is 0.270. The maximum absolute atomic E-state index is 6.93. The van der Waals surface area contributed by atoms with Gasteiger partial charge in [0.2, 0.25) is 0 Å². The van der Waals surface area contributed by atoms with E-state index in [9.17, 15) is 0 Å². The van der Waals surface area contributed by atoms with Crippen LogP contribution in [-0.2, 0) is 12.8 Å². The number of rotatable bonds is 2. The second-order valence-corrected chi connectivity index (χ2v) is 13.7. The van der Waals surface area contributed by atoms with Crippen molar-refractivity contribution in [2.24, 2.45) is 10.8 Å². The molecule has 0 saturated heterocycles. The molecule has 0 unspecified atom stereocenters. The zero-order valence-electron chi connectivity index (χ0n) is 23.8. The second-order valence-electron chi connectivity index (χ2n) is 13.7. The van der Waals surface area contributed by atoms with Gasteiger partial charge >= 0.3 is 0 Å². The molecule has 0 N–H and O–H groups in total. The van der Waals surface area contributed by atoms with Gasteiger partial charge in [-0.15, -0.1) is 0 Å². The standard InChI is InChI=1S/C37H35NO/c1-36(2,3)20-22-11-12-25-19-32-33-27(28(25)15-22)13-14-38-34(33)30-18-26-16-23-9-7-8-10-24(23)17-29(26)31(35(30)39-32)21-37(4,5)6/h7-19H,20-21H2,1-6H3. The topological polar surface area (TPSA) is 22.1 Å². The average Bonchev–Trinajstić information content (AvgIpc) is 2.87. The summed E-state index contributed by atoms with van der Waals surface area (Å²) < 4.78 is 6.93. The van der Waals surface area contributed by atoms with E-state index in [0.29, 0.717) is 0 Å². The molecule has 2 nitrogen and oxygen atoms in total. The minimum Gasteiger partial charge on any atom is -0.456 e. The zero-order valence-corrected chi connectivity index (χ0v) is 23.8. The molecule has 0 atom stereocenters. The van der Waals surface area contributed by atoms with E-state index in [2.05, 4.69) is 114 Å². The summed E-state index contributed by atoms with van der Waals surface area (Å²) >= 11 is 0. The lowest BCUT2D eigenvalue weighted by atomic mass is 9.82. The van der Waals surface area contributed by atoms with E-state index in [1.54, 1.807) is 0 Å². The van der Waals surface area contributed by atoms with Gasteiger partial charge in [0.05, 0.1) is 11.1 Å². The second kappa shape index (κ2) is 8.29. The number of nitrogens with zero attached hydrogens (tertiary/aromatic N) is 1. The molecule has 7 rings (SSSR count). The van der Waals surface area contributed by atoms with Crippen LogP contribution in [0.25, 0.3) is 54.3 Å². The summed E-state index contributed by atoms with van der Waals surface area (Å²) in [6, 6.07) is 26.9. The molecule has 2 heterocycles. The SMILES string of the molecule is CC(C)(C)Cc1ccc2cc3c4c(nccc4c2c1)-c1cc2cc4ccccc4cc2c(CC(C)(C)C)c1O3. The highest BCUT2D eigenvalue weighted by atomic mass is 16.5. The molecule has 0 amide bonds. The fourth-order valence-electron chi connectivity index (χ4n) is 6.37. The van der Waals surface area contributed by atoms with E-state index in [0.717, 1.165) is 41.0 Å². The maximum Gasteiger partial charge on any atom is 0.140 e. The molecule has 0 spiro atoms. The van der Waals surface area contributed by atoms with Crippen LogP contribution < -0.4 is 4.74 Å². The summed E-state index contributed by atoms with van der Waals surface area (Å²) in [6.07, 6.45) is 3.93. The van der Waals surface area contributed by atoms with Crippen molar-refractivity contribution >= 4 is 43.1 Å². The van der Waals surface area contributed by atoms with Gasteiger partial charge in [0.1, 0.15) is 11.5 Å². The number of hydrogen-bond acceptors (Lipinski definition) is 2. The Morgan fingerprint density at radius 2 is 1.38 bits per heavy atom. The van der Waals surface area contributed by atoms with Crippen molar-refractivity contribution in [1.82, 2.24) is 4.98 Å². The number of aromatic nitrogens is 1. The Balaban J connectivity index is 1.54. The van der Waals surface area contributed by atoms with Gasteiger partial charge in [0.25, 0.3) is 0 Å². The molecule has 5 aromatic carbocycles. The lowest BCUT2D eigenvalue weighted by Gasteiger charge is -2.28. The summed E-state index contributed by atoms with van der Waals surface area (Å²) in [5, 5.41) is 9.84. The first-order valence-electron chi connectivity index (χ1n) is 14.1. The first-order chi connectivity index (χ1) is 18.5. The largest absolute Gasteiger partial charge is 0.456 e. The van der Waals surface area contributed by atoms with Gasteiger partial charge in [0, 0.05) is 17.3 Å². The molecule has 1 aliphatic rings. The van der Waals surface area contributed by atoms with E-state index in [1.807, 2.05) is 6.20 Å². The first kappa shape index (κ1) is 24.2. The average molecular weight is 510 g/mol. The first-order valence-corrected chi connectivity index (χ1v) is 14.1. The minimum absolute atomic E-state index is 0.101. The van der Waals surface area contributed by atoms with Crippen LogP contribution in [0, 0.1) is 10.8 Å². The Morgan fingerprint density at radius 1 is 0.641 bits per heavy atom. The van der Waals surface area contributed by atoms with Crippen molar-refractivity contribution in [3.05, 3.63) is 90.1 Å². The fourth-order valence-corrected chi connectivity index (χ4v) is 6.37. The van der Waals surface area contributed by atoms with E-state index in [1.165, 1.54) is 48.8 Å². The van der Waals surface area contributed by atoms with Gasteiger partial charge in [-0.2, -0.15) is 0 Å². The molecular weight excluding hydrogens is 474 g/mol. The van der Waals surface area contributed by atoms with Gasteiger partial charge in [-0.3, -0.25) is 4.98 Å². The highest BCUT2D eigenvalue weighted by Gasteiger charge is 2.28. The van der Waals surface area contributed by atoms with Gasteiger partial charge < -0.3 is 4.74 Å². The molecular formula is C37H35NO. The third-order valence-electron chi connectivity index (χ3n) is 7.86. The van der Waals surface area contributed by atoms with Gasteiger partial charge in [-0.25, -0.2) is 0 Å². The molecule has 1 aromatic heterocycles. The van der Waals surface area contributed by atoms with Crippen molar-refractivity contribution in [2.75, 3.05) is 0 Å². The molecule has 39 heavy (non-hydrogen) atoms. The van der Waals surface area contributed by atoms with Crippen LogP contribution in [0.3, 0.4) is 0 Å². The molecule has 0 bridgehead atoms. The van der Waals surface area contributed by atoms with Crippen molar-refractivity contribution in [2.45, 2.75) is 54.4 Å². The van der Waals surface area contributed by atoms with Gasteiger partial charge in [-0.05, 0) is 97.3 Å². The summed E-state index contributed by atoms with van der Waals surface area (Å²) in [5.74, 6) is 1.87. The monoisotopic (exact) mass is 509 g/mol. The number of hydrogen-bond donors (Lipinski definition) is 0. The van der Waals surface area contributed by atoms with Crippen molar-refractivity contribution in [1.29, 1.82) is 0 Å². The number of fused-ring (bicyclic) bond motifs is 6. The molecule has 0 saturated carbocycles. The predicted molar refractivity (Wildman–Crippen MR) is 166 cm³/mol. The third-order valence-corrected chi connectivity index (χ3v) is 7.86. The molecule has 194 valence electrons. The molecule has 0 radical (unpaired) electrons. The predicted octanol–water partition coefficient (Wildman–Crippen LogP) is 10.6. The van der Waals surface area contributed by atoms with Crippen molar-refractivity contribution in [3.63, 3.8) is 0 Å². The summed E-state index contributed by atoms with van der Waals surface area (Å²) in [4.78, 5) is 4.99. The Morgan fingerprint density at radius 3 is 2.13 bits per heavy atom. The highest BCUT2D eigenvalue weighted by molar-refractivity contribution is 6.16. The lowest BCUT2D eigenvalue weighted by Crippen LogP contribution is -2.12. The Hall–Kier alpha value is -3.91. The van der Waals surface area contributed by atoms with Crippen LogP contribution >= 0.6 is 0 Å². The Labute approximate surface area is 230 Å². The van der Waals surface area contributed by atoms with Gasteiger partial charge in [-0.1, -0.05) is 84.0 Å². The Bertz CT molecular complexity index is 1950. The summed E-state index contributed by atoms with van der Waals surface area (Å²) in [5.41, 5.74) is 5.09. The van der Waals surface area contributed by atoms with Crippen LogP contribution in [-0.4, -0.2) is 4.98 Å². The van der Waals surface area contributed by atoms with Crippen LogP contribution in [0.5, 0.6) is 11.5 Å². The third kappa shape index (κ3) is 4.14. The maximum atomic E-state index is 6.93. The van der Waals surface area contributed by atoms with Crippen LogP contribution in [0.15, 0.2) is 79.0 Å².